The fraction of sp³-hybridized carbons (Fsp3) is 0.300. The van der Waals surface area contributed by atoms with Crippen molar-refractivity contribution < 1.29 is 27.9 Å². The highest BCUT2D eigenvalue weighted by Gasteiger charge is 2.25. The van der Waals surface area contributed by atoms with E-state index in [0.29, 0.717) is 38.5 Å². The average Bonchev–Trinajstić information content (AvgIpc) is 2.74. The smallest absolute Gasteiger partial charge is 0.409 e. The molecule has 1 heterocycles. The Balaban J connectivity index is 1.78. The van der Waals surface area contributed by atoms with Crippen molar-refractivity contribution in [2.75, 3.05) is 42.4 Å². The fourth-order valence-corrected chi connectivity index (χ4v) is 4.28. The standard InChI is InChI=1S/C20H23N3O6S/c1-2-29-20(26)23-12-10-22(11-13-23)18-9-8-15(14-17(18)19(24)25)21-30(27,28)16-6-4-3-5-7-16/h3-9,14,21H,2,10-13H2,1H3,(H,24,25). The number of hydrogen-bond acceptors (Lipinski definition) is 6. The van der Waals surface area contributed by atoms with Gasteiger partial charge in [0.2, 0.25) is 0 Å². The number of amides is 1. The van der Waals surface area contributed by atoms with E-state index in [9.17, 15) is 23.1 Å². The Hall–Kier alpha value is -3.27. The molecule has 160 valence electrons. The zero-order valence-electron chi connectivity index (χ0n) is 16.4. The summed E-state index contributed by atoms with van der Waals surface area (Å²) in [6.07, 6.45) is -0.388. The van der Waals surface area contributed by atoms with E-state index in [4.69, 9.17) is 4.74 Å². The molecule has 30 heavy (non-hydrogen) atoms. The predicted octanol–water partition coefficient (Wildman–Crippen LogP) is 2.46. The second kappa shape index (κ2) is 9.04. The van der Waals surface area contributed by atoms with Gasteiger partial charge in [-0.25, -0.2) is 18.0 Å². The molecule has 1 amide bonds. The Morgan fingerprint density at radius 2 is 1.73 bits per heavy atom. The zero-order valence-corrected chi connectivity index (χ0v) is 17.3. The van der Waals surface area contributed by atoms with Gasteiger partial charge < -0.3 is 19.6 Å². The predicted molar refractivity (Wildman–Crippen MR) is 111 cm³/mol. The van der Waals surface area contributed by atoms with Crippen LogP contribution in [0.2, 0.25) is 0 Å². The van der Waals surface area contributed by atoms with E-state index < -0.39 is 16.0 Å². The fourth-order valence-electron chi connectivity index (χ4n) is 3.20. The summed E-state index contributed by atoms with van der Waals surface area (Å²) in [5.41, 5.74) is 0.603. The first-order chi connectivity index (χ1) is 14.3. The van der Waals surface area contributed by atoms with Crippen LogP contribution in [-0.4, -0.2) is 63.3 Å². The number of nitrogens with zero attached hydrogens (tertiary/aromatic N) is 2. The molecule has 1 aliphatic heterocycles. The highest BCUT2D eigenvalue weighted by atomic mass is 32.2. The molecule has 0 atom stereocenters. The minimum Gasteiger partial charge on any atom is -0.478 e. The summed E-state index contributed by atoms with van der Waals surface area (Å²) in [6.45, 7) is 3.71. The van der Waals surface area contributed by atoms with Gasteiger partial charge in [-0.3, -0.25) is 4.72 Å². The quantitative estimate of drug-likeness (QED) is 0.719. The van der Waals surface area contributed by atoms with Crippen molar-refractivity contribution in [1.29, 1.82) is 0 Å². The summed E-state index contributed by atoms with van der Waals surface area (Å²) >= 11 is 0. The van der Waals surface area contributed by atoms with Crippen LogP contribution < -0.4 is 9.62 Å². The number of ether oxygens (including phenoxy) is 1. The number of nitrogens with one attached hydrogen (secondary N) is 1. The van der Waals surface area contributed by atoms with Crippen molar-refractivity contribution in [1.82, 2.24) is 4.90 Å². The minimum atomic E-state index is -3.83. The average molecular weight is 433 g/mol. The van der Waals surface area contributed by atoms with Crippen LogP contribution in [0.25, 0.3) is 0 Å². The van der Waals surface area contributed by atoms with E-state index >= 15 is 0 Å². The number of carbonyl (C=O) groups excluding carboxylic acids is 1. The maximum Gasteiger partial charge on any atom is 0.409 e. The zero-order chi connectivity index (χ0) is 21.7. The molecular formula is C20H23N3O6S. The monoisotopic (exact) mass is 433 g/mol. The van der Waals surface area contributed by atoms with Gasteiger partial charge in [-0.05, 0) is 37.3 Å². The molecule has 3 rings (SSSR count). The van der Waals surface area contributed by atoms with Crippen LogP contribution >= 0.6 is 0 Å². The van der Waals surface area contributed by atoms with Crippen LogP contribution in [0.5, 0.6) is 0 Å². The first-order valence-corrected chi connectivity index (χ1v) is 10.9. The summed E-state index contributed by atoms with van der Waals surface area (Å²) in [4.78, 5) is 27.2. The minimum absolute atomic E-state index is 0.0205. The Labute approximate surface area is 174 Å². The summed E-state index contributed by atoms with van der Waals surface area (Å²) in [7, 11) is -3.83. The van der Waals surface area contributed by atoms with E-state index in [1.54, 1.807) is 36.1 Å². The molecular weight excluding hydrogens is 410 g/mol. The van der Waals surface area contributed by atoms with Crippen LogP contribution in [0.4, 0.5) is 16.2 Å². The van der Waals surface area contributed by atoms with E-state index in [2.05, 4.69) is 4.72 Å². The molecule has 2 aromatic rings. The topological polar surface area (TPSA) is 116 Å². The van der Waals surface area contributed by atoms with Gasteiger partial charge in [0, 0.05) is 31.9 Å². The van der Waals surface area contributed by atoms with E-state index in [-0.39, 0.29) is 22.2 Å². The lowest BCUT2D eigenvalue weighted by molar-refractivity contribution is 0.0696. The van der Waals surface area contributed by atoms with Crippen molar-refractivity contribution in [3.8, 4) is 0 Å². The molecule has 0 bridgehead atoms. The highest BCUT2D eigenvalue weighted by molar-refractivity contribution is 7.92. The third-order valence-corrected chi connectivity index (χ3v) is 6.08. The molecule has 9 nitrogen and oxygen atoms in total. The molecule has 0 radical (unpaired) electrons. The van der Waals surface area contributed by atoms with E-state index in [1.807, 2.05) is 4.90 Å². The maximum absolute atomic E-state index is 12.5. The maximum atomic E-state index is 12.5. The second-order valence-corrected chi connectivity index (χ2v) is 8.31. The van der Waals surface area contributed by atoms with Crippen LogP contribution in [0.1, 0.15) is 17.3 Å². The highest BCUT2D eigenvalue weighted by Crippen LogP contribution is 2.27. The molecule has 2 N–H and O–H groups in total. The van der Waals surface area contributed by atoms with Gasteiger partial charge in [0.25, 0.3) is 10.0 Å². The number of carbonyl (C=O) groups is 2. The van der Waals surface area contributed by atoms with Crippen LogP contribution in [-0.2, 0) is 14.8 Å². The number of carboxylic acids is 1. The van der Waals surface area contributed by atoms with Gasteiger partial charge in [0.1, 0.15) is 0 Å². The van der Waals surface area contributed by atoms with Crippen LogP contribution in [0.15, 0.2) is 53.4 Å². The van der Waals surface area contributed by atoms with Crippen molar-refractivity contribution in [2.24, 2.45) is 0 Å². The number of aromatic carboxylic acids is 1. The van der Waals surface area contributed by atoms with Gasteiger partial charge in [-0.15, -0.1) is 0 Å². The molecule has 10 heteroatoms. The number of carboxylic acid groups (broad SMARTS) is 1. The number of anilines is 2. The van der Waals surface area contributed by atoms with Crippen molar-refractivity contribution in [2.45, 2.75) is 11.8 Å². The molecule has 0 spiro atoms. The molecule has 2 aromatic carbocycles. The number of rotatable bonds is 6. The molecule has 0 unspecified atom stereocenters. The third-order valence-electron chi connectivity index (χ3n) is 4.68. The lowest BCUT2D eigenvalue weighted by Gasteiger charge is -2.36. The summed E-state index contributed by atoms with van der Waals surface area (Å²) in [6, 6.07) is 12.2. The lowest BCUT2D eigenvalue weighted by Crippen LogP contribution is -2.49. The third kappa shape index (κ3) is 4.82. The van der Waals surface area contributed by atoms with Crippen LogP contribution in [0, 0.1) is 0 Å². The van der Waals surface area contributed by atoms with Crippen molar-refractivity contribution in [3.63, 3.8) is 0 Å². The Morgan fingerprint density at radius 3 is 2.33 bits per heavy atom. The van der Waals surface area contributed by atoms with Crippen LogP contribution in [0.3, 0.4) is 0 Å². The summed E-state index contributed by atoms with van der Waals surface area (Å²) in [5, 5.41) is 9.66. The summed E-state index contributed by atoms with van der Waals surface area (Å²) in [5.74, 6) is -1.17. The van der Waals surface area contributed by atoms with Gasteiger partial charge in [-0.1, -0.05) is 18.2 Å². The van der Waals surface area contributed by atoms with E-state index in [1.165, 1.54) is 24.3 Å². The first kappa shape index (κ1) is 21.4. The molecule has 0 aromatic heterocycles. The van der Waals surface area contributed by atoms with Gasteiger partial charge in [0.05, 0.1) is 22.8 Å². The Kier molecular flexibility index (Phi) is 6.46. The number of hydrogen-bond donors (Lipinski definition) is 2. The molecule has 0 aliphatic carbocycles. The van der Waals surface area contributed by atoms with Crippen molar-refractivity contribution in [3.05, 3.63) is 54.1 Å². The number of benzene rings is 2. The Morgan fingerprint density at radius 1 is 1.07 bits per heavy atom. The van der Waals surface area contributed by atoms with Gasteiger partial charge in [-0.2, -0.15) is 0 Å². The number of sulfonamides is 1. The molecule has 1 fully saturated rings. The SMILES string of the molecule is CCOC(=O)N1CCN(c2ccc(NS(=O)(=O)c3ccccc3)cc2C(=O)O)CC1. The summed E-state index contributed by atoms with van der Waals surface area (Å²) < 4.78 is 32.4. The molecule has 0 saturated carbocycles. The largest absolute Gasteiger partial charge is 0.478 e. The second-order valence-electron chi connectivity index (χ2n) is 6.63. The Bertz CT molecular complexity index is 1020. The molecule has 1 saturated heterocycles. The lowest BCUT2D eigenvalue weighted by atomic mass is 10.1. The van der Waals surface area contributed by atoms with Gasteiger partial charge in [0.15, 0.2) is 0 Å². The number of piperazine rings is 1. The van der Waals surface area contributed by atoms with E-state index in [0.717, 1.165) is 0 Å². The van der Waals surface area contributed by atoms with Gasteiger partial charge >= 0.3 is 12.1 Å². The first-order valence-electron chi connectivity index (χ1n) is 9.43. The van der Waals surface area contributed by atoms with Crippen molar-refractivity contribution >= 4 is 33.5 Å². The normalized spacial score (nSPS) is 14.3. The molecule has 1 aliphatic rings.